The van der Waals surface area contributed by atoms with Gasteiger partial charge in [0.15, 0.2) is 0 Å². The molecule has 4 N–H and O–H groups in total. The number of hydrogen-bond acceptors (Lipinski definition) is 2. The number of aryl methyl sites for hydroxylation is 2. The van der Waals surface area contributed by atoms with E-state index in [9.17, 15) is 0 Å². The van der Waals surface area contributed by atoms with Crippen molar-refractivity contribution in [2.75, 3.05) is 11.5 Å². The monoisotopic (exact) mass is 504 g/mol. The van der Waals surface area contributed by atoms with Gasteiger partial charge in [-0.25, -0.2) is 0 Å². The highest BCUT2D eigenvalue weighted by Gasteiger charge is 2.14. The molecule has 4 aromatic carbocycles. The van der Waals surface area contributed by atoms with E-state index < -0.39 is 0 Å². The van der Waals surface area contributed by atoms with E-state index in [-0.39, 0.29) is 0 Å². The Labute approximate surface area is 230 Å². The Morgan fingerprint density at radius 1 is 0.447 bits per heavy atom. The van der Waals surface area contributed by atoms with Crippen molar-refractivity contribution >= 4 is 11.4 Å². The van der Waals surface area contributed by atoms with Gasteiger partial charge in [0.1, 0.15) is 0 Å². The zero-order valence-corrected chi connectivity index (χ0v) is 23.2. The van der Waals surface area contributed by atoms with E-state index >= 15 is 0 Å². The van der Waals surface area contributed by atoms with E-state index in [1.807, 2.05) is 24.3 Å². The Hall–Kier alpha value is -3.52. The second kappa shape index (κ2) is 13.9. The van der Waals surface area contributed by atoms with Crippen LogP contribution in [0.3, 0.4) is 0 Å². The van der Waals surface area contributed by atoms with Crippen molar-refractivity contribution in [2.45, 2.75) is 77.0 Å². The quantitative estimate of drug-likeness (QED) is 0.141. The normalized spacial score (nSPS) is 12.8. The van der Waals surface area contributed by atoms with Crippen LogP contribution < -0.4 is 11.5 Å². The van der Waals surface area contributed by atoms with E-state index in [4.69, 9.17) is 11.5 Å². The summed E-state index contributed by atoms with van der Waals surface area (Å²) in [6.07, 6.45) is 9.32. The summed E-state index contributed by atoms with van der Waals surface area (Å²) in [6.45, 7) is 4.52. The van der Waals surface area contributed by atoms with Gasteiger partial charge in [-0.05, 0) is 96.2 Å². The third-order valence-electron chi connectivity index (χ3n) is 7.78. The van der Waals surface area contributed by atoms with Gasteiger partial charge in [-0.2, -0.15) is 0 Å². The van der Waals surface area contributed by atoms with Gasteiger partial charge in [0.05, 0.1) is 0 Å². The molecule has 0 aromatic heterocycles. The van der Waals surface area contributed by atoms with Crippen molar-refractivity contribution in [1.29, 1.82) is 0 Å². The number of hydrogen-bond donors (Lipinski definition) is 2. The molecule has 0 aliphatic rings. The highest BCUT2D eigenvalue weighted by molar-refractivity contribution is 5.44. The van der Waals surface area contributed by atoms with Gasteiger partial charge >= 0.3 is 0 Å². The summed E-state index contributed by atoms with van der Waals surface area (Å²) in [7, 11) is 0. The van der Waals surface area contributed by atoms with Crippen LogP contribution in [0.25, 0.3) is 0 Å². The highest BCUT2D eigenvalue weighted by atomic mass is 14.5. The number of unbranched alkanes of at least 4 members (excludes halogenated alkanes) is 1. The topological polar surface area (TPSA) is 52.0 Å². The fourth-order valence-corrected chi connectivity index (χ4v) is 5.58. The Balaban J connectivity index is 1.29. The summed E-state index contributed by atoms with van der Waals surface area (Å²) in [6, 6.07) is 35.4. The van der Waals surface area contributed by atoms with Gasteiger partial charge in [-0.15, -0.1) is 0 Å². The van der Waals surface area contributed by atoms with Crippen LogP contribution in [0.1, 0.15) is 97.6 Å². The van der Waals surface area contributed by atoms with Crippen LogP contribution >= 0.6 is 0 Å². The molecule has 0 spiro atoms. The lowest BCUT2D eigenvalue weighted by Gasteiger charge is -2.18. The second-order valence-electron chi connectivity index (χ2n) is 10.7. The molecule has 38 heavy (non-hydrogen) atoms. The van der Waals surface area contributed by atoms with Crippen LogP contribution in [-0.4, -0.2) is 0 Å². The maximum absolute atomic E-state index is 5.91. The second-order valence-corrected chi connectivity index (χ2v) is 10.7. The van der Waals surface area contributed by atoms with Crippen molar-refractivity contribution in [3.63, 3.8) is 0 Å². The fraction of sp³-hybridized carbons (Fsp3) is 0.333. The van der Waals surface area contributed by atoms with E-state index in [0.29, 0.717) is 11.8 Å². The first-order valence-corrected chi connectivity index (χ1v) is 14.5. The molecule has 2 heteroatoms. The Morgan fingerprint density at radius 3 is 1.03 bits per heavy atom. The summed E-state index contributed by atoms with van der Waals surface area (Å²) in [5.41, 5.74) is 21.9. The summed E-state index contributed by atoms with van der Waals surface area (Å²) in [5, 5.41) is 0. The minimum atomic E-state index is 0.439. The van der Waals surface area contributed by atoms with Gasteiger partial charge in [0.25, 0.3) is 0 Å². The lowest BCUT2D eigenvalue weighted by atomic mass is 9.86. The summed E-state index contributed by atoms with van der Waals surface area (Å²) < 4.78 is 0. The van der Waals surface area contributed by atoms with Gasteiger partial charge in [-0.3, -0.25) is 0 Å². The minimum Gasteiger partial charge on any atom is -0.399 e. The van der Waals surface area contributed by atoms with Crippen molar-refractivity contribution in [3.05, 3.63) is 130 Å². The van der Waals surface area contributed by atoms with Gasteiger partial charge in [0.2, 0.25) is 0 Å². The first-order chi connectivity index (χ1) is 18.6. The molecule has 0 saturated carbocycles. The van der Waals surface area contributed by atoms with Crippen molar-refractivity contribution in [2.24, 2.45) is 0 Å². The van der Waals surface area contributed by atoms with Gasteiger partial charge < -0.3 is 11.5 Å². The van der Waals surface area contributed by atoms with Crippen LogP contribution in [0.4, 0.5) is 11.4 Å². The molecule has 198 valence electrons. The van der Waals surface area contributed by atoms with Crippen LogP contribution in [0.5, 0.6) is 0 Å². The molecule has 2 atom stereocenters. The number of nitrogens with two attached hydrogens (primary N) is 2. The summed E-state index contributed by atoms with van der Waals surface area (Å²) in [5.74, 6) is 0.879. The number of nitrogen functional groups attached to an aromatic ring is 2. The first-order valence-electron chi connectivity index (χ1n) is 14.5. The molecule has 0 amide bonds. The average molecular weight is 505 g/mol. The highest BCUT2D eigenvalue weighted by Crippen LogP contribution is 2.31. The molecule has 0 saturated heterocycles. The smallest absolute Gasteiger partial charge is 0.0314 e. The van der Waals surface area contributed by atoms with Crippen LogP contribution in [-0.2, 0) is 12.8 Å². The van der Waals surface area contributed by atoms with Crippen molar-refractivity contribution in [3.8, 4) is 0 Å². The average Bonchev–Trinajstić information content (AvgIpc) is 2.95. The number of anilines is 2. The van der Waals surface area contributed by atoms with E-state index in [0.717, 1.165) is 37.1 Å². The zero-order valence-electron chi connectivity index (χ0n) is 23.2. The molecule has 2 nitrogen and oxygen atoms in total. The molecular weight excluding hydrogens is 460 g/mol. The molecule has 0 aliphatic carbocycles. The Morgan fingerprint density at radius 2 is 0.737 bits per heavy atom. The minimum absolute atomic E-state index is 0.439. The third-order valence-corrected chi connectivity index (χ3v) is 7.78. The fourth-order valence-electron chi connectivity index (χ4n) is 5.58. The van der Waals surface area contributed by atoms with E-state index in [1.165, 1.54) is 59.1 Å². The lowest BCUT2D eigenvalue weighted by molar-refractivity contribution is 0.695. The molecule has 0 bridgehead atoms. The summed E-state index contributed by atoms with van der Waals surface area (Å²) >= 11 is 0. The van der Waals surface area contributed by atoms with Crippen LogP contribution in [0.2, 0.25) is 0 Å². The molecule has 0 fully saturated rings. The maximum atomic E-state index is 5.91. The van der Waals surface area contributed by atoms with E-state index in [2.05, 4.69) is 86.6 Å². The molecule has 4 aromatic rings. The van der Waals surface area contributed by atoms with E-state index in [1.54, 1.807) is 0 Å². The zero-order chi connectivity index (χ0) is 26.7. The SMILES string of the molecule is CCCC(c1ccc(N)cc1)c1ccc(CCCCc2ccc(C(CCC)c3ccc(N)cc3)cc2)cc1. The predicted octanol–water partition coefficient (Wildman–Crippen LogP) is 9.28. The molecule has 0 aliphatic heterocycles. The summed E-state index contributed by atoms with van der Waals surface area (Å²) in [4.78, 5) is 0. The van der Waals surface area contributed by atoms with Crippen LogP contribution in [0, 0.1) is 0 Å². The van der Waals surface area contributed by atoms with Crippen molar-refractivity contribution in [1.82, 2.24) is 0 Å². The van der Waals surface area contributed by atoms with Crippen LogP contribution in [0.15, 0.2) is 97.1 Å². The molecule has 0 heterocycles. The standard InChI is InChI=1S/C36H44N2/c1-3-7-35(31-19-23-33(37)24-20-31)29-15-11-27(12-16-29)9-5-6-10-28-13-17-30(18-14-28)36(8-4-2)32-21-25-34(38)26-22-32/h11-26,35-36H,3-10,37-38H2,1-2H3. The van der Waals surface area contributed by atoms with Crippen molar-refractivity contribution < 1.29 is 0 Å². The molecule has 4 rings (SSSR count). The molecule has 2 unspecified atom stereocenters. The lowest BCUT2D eigenvalue weighted by Crippen LogP contribution is -2.02. The molecule has 0 radical (unpaired) electrons. The maximum Gasteiger partial charge on any atom is 0.0314 e. The van der Waals surface area contributed by atoms with Gasteiger partial charge in [0, 0.05) is 23.2 Å². The number of benzene rings is 4. The Bertz CT molecular complexity index is 1120. The first kappa shape index (κ1) is 27.5. The third kappa shape index (κ3) is 7.51. The largest absolute Gasteiger partial charge is 0.399 e. The predicted molar refractivity (Wildman–Crippen MR) is 165 cm³/mol. The molecular formula is C36H44N2. The Kier molecular flexibility index (Phi) is 10.0. The van der Waals surface area contributed by atoms with Gasteiger partial charge in [-0.1, -0.05) is 99.5 Å². The number of rotatable bonds is 13.